The molecule has 0 spiro atoms. The van der Waals surface area contributed by atoms with Crippen LogP contribution in [0, 0.1) is 0 Å². The molecule has 1 aliphatic heterocycles. The van der Waals surface area contributed by atoms with Gasteiger partial charge >= 0.3 is 0 Å². The van der Waals surface area contributed by atoms with Gasteiger partial charge < -0.3 is 5.32 Å². The van der Waals surface area contributed by atoms with Crippen LogP contribution in [-0.4, -0.2) is 46.4 Å². The number of carbonyl (C=O) groups excluding carboxylic acids is 1. The highest BCUT2D eigenvalue weighted by Gasteiger charge is 2.29. The normalized spacial score (nSPS) is 20.3. The Labute approximate surface area is 122 Å². The van der Waals surface area contributed by atoms with Crippen LogP contribution in [0.4, 0.5) is 0 Å². The first-order valence-corrected chi connectivity index (χ1v) is 8.31. The number of nitrogens with one attached hydrogen (secondary N) is 1. The maximum atomic E-state index is 12.0. The van der Waals surface area contributed by atoms with Crippen LogP contribution in [0.5, 0.6) is 0 Å². The molecule has 3 heterocycles. The van der Waals surface area contributed by atoms with Gasteiger partial charge in [0.2, 0.25) is 0 Å². The highest BCUT2D eigenvalue weighted by Crippen LogP contribution is 2.12. The van der Waals surface area contributed by atoms with Crippen LogP contribution in [-0.2, 0) is 9.84 Å². The third-order valence-corrected chi connectivity index (χ3v) is 5.11. The van der Waals surface area contributed by atoms with E-state index in [9.17, 15) is 13.2 Å². The number of nitrogens with zero attached hydrogens (tertiary/aromatic N) is 3. The van der Waals surface area contributed by atoms with Gasteiger partial charge in [0.15, 0.2) is 9.84 Å². The third kappa shape index (κ3) is 3.10. The van der Waals surface area contributed by atoms with Crippen LogP contribution in [0.2, 0.25) is 0 Å². The van der Waals surface area contributed by atoms with Crippen molar-refractivity contribution in [3.63, 3.8) is 0 Å². The van der Waals surface area contributed by atoms with Gasteiger partial charge in [-0.1, -0.05) is 0 Å². The van der Waals surface area contributed by atoms with Gasteiger partial charge in [0, 0.05) is 24.6 Å². The fraction of sp³-hybridized carbons (Fsp3) is 0.308. The molecule has 0 radical (unpaired) electrons. The van der Waals surface area contributed by atoms with E-state index in [0.717, 1.165) is 0 Å². The Balaban J connectivity index is 1.68. The molecule has 1 fully saturated rings. The molecule has 1 N–H and O–H groups in total. The molecule has 1 aliphatic rings. The first-order valence-electron chi connectivity index (χ1n) is 6.49. The van der Waals surface area contributed by atoms with E-state index < -0.39 is 9.84 Å². The molecule has 1 atom stereocenters. The number of pyridine rings is 1. The first-order chi connectivity index (χ1) is 10.0. The van der Waals surface area contributed by atoms with Gasteiger partial charge in [0.1, 0.15) is 12.1 Å². The summed E-state index contributed by atoms with van der Waals surface area (Å²) in [6.45, 7) is 0. The molecule has 0 aromatic carbocycles. The maximum absolute atomic E-state index is 12.0. The van der Waals surface area contributed by atoms with E-state index in [0.29, 0.717) is 17.8 Å². The van der Waals surface area contributed by atoms with Crippen molar-refractivity contribution in [3.8, 4) is 5.82 Å². The van der Waals surface area contributed by atoms with Crippen molar-refractivity contribution in [1.82, 2.24) is 19.9 Å². The molecule has 1 saturated heterocycles. The second kappa shape index (κ2) is 5.28. The van der Waals surface area contributed by atoms with Crippen molar-refractivity contribution in [3.05, 3.63) is 42.6 Å². The molecule has 1 amide bonds. The van der Waals surface area contributed by atoms with E-state index in [2.05, 4.69) is 15.3 Å². The first kappa shape index (κ1) is 13.7. The Morgan fingerprint density at radius 2 is 2.24 bits per heavy atom. The van der Waals surface area contributed by atoms with Crippen LogP contribution in [0.15, 0.2) is 37.1 Å². The topological polar surface area (TPSA) is 94.0 Å². The Morgan fingerprint density at radius 3 is 2.81 bits per heavy atom. The Kier molecular flexibility index (Phi) is 3.46. The summed E-state index contributed by atoms with van der Waals surface area (Å²) in [6, 6.07) is 3.05. The zero-order valence-corrected chi connectivity index (χ0v) is 12.0. The molecule has 2 aromatic rings. The smallest absolute Gasteiger partial charge is 0.253 e. The number of sulfone groups is 1. The largest absolute Gasteiger partial charge is 0.348 e. The summed E-state index contributed by atoms with van der Waals surface area (Å²) in [5.74, 6) is 0.504. The molecular weight excluding hydrogens is 292 g/mol. The zero-order chi connectivity index (χ0) is 14.9. The predicted molar refractivity (Wildman–Crippen MR) is 75.9 cm³/mol. The molecule has 0 saturated carbocycles. The summed E-state index contributed by atoms with van der Waals surface area (Å²) >= 11 is 0. The lowest BCUT2D eigenvalue weighted by atomic mass is 10.2. The number of imidazole rings is 1. The highest BCUT2D eigenvalue weighted by molar-refractivity contribution is 7.91. The van der Waals surface area contributed by atoms with Gasteiger partial charge in [-0.2, -0.15) is 0 Å². The minimum absolute atomic E-state index is 0.0132. The predicted octanol–water partition coefficient (Wildman–Crippen LogP) is 0.184. The maximum Gasteiger partial charge on any atom is 0.253 e. The molecule has 0 unspecified atom stereocenters. The molecule has 3 rings (SSSR count). The summed E-state index contributed by atoms with van der Waals surface area (Å²) in [5, 5.41) is 2.73. The summed E-state index contributed by atoms with van der Waals surface area (Å²) in [7, 11) is -3.00. The average Bonchev–Trinajstić information content (AvgIpc) is 3.09. The fourth-order valence-electron chi connectivity index (χ4n) is 2.25. The van der Waals surface area contributed by atoms with E-state index >= 15 is 0 Å². The molecule has 8 heteroatoms. The number of hydrogen-bond acceptors (Lipinski definition) is 5. The van der Waals surface area contributed by atoms with Crippen molar-refractivity contribution >= 4 is 15.7 Å². The fourth-order valence-corrected chi connectivity index (χ4v) is 3.92. The minimum atomic E-state index is -3.00. The van der Waals surface area contributed by atoms with E-state index in [1.807, 2.05) is 0 Å². The Morgan fingerprint density at radius 1 is 1.38 bits per heavy atom. The molecule has 0 aliphatic carbocycles. The van der Waals surface area contributed by atoms with Crippen molar-refractivity contribution < 1.29 is 13.2 Å². The number of amides is 1. The Hall–Kier alpha value is -2.22. The zero-order valence-electron chi connectivity index (χ0n) is 11.1. The van der Waals surface area contributed by atoms with Gasteiger partial charge in [-0.25, -0.2) is 18.4 Å². The van der Waals surface area contributed by atoms with Crippen molar-refractivity contribution in [1.29, 1.82) is 0 Å². The van der Waals surface area contributed by atoms with Crippen molar-refractivity contribution in [2.45, 2.75) is 12.5 Å². The molecule has 7 nitrogen and oxygen atoms in total. The second-order valence-electron chi connectivity index (χ2n) is 4.95. The lowest BCUT2D eigenvalue weighted by Gasteiger charge is -2.10. The molecule has 21 heavy (non-hydrogen) atoms. The van der Waals surface area contributed by atoms with Gasteiger partial charge in [-0.05, 0) is 18.6 Å². The van der Waals surface area contributed by atoms with E-state index in [4.69, 9.17) is 0 Å². The number of rotatable bonds is 3. The van der Waals surface area contributed by atoms with E-state index in [1.54, 1.807) is 35.4 Å². The van der Waals surface area contributed by atoms with Gasteiger partial charge in [0.25, 0.3) is 5.91 Å². The van der Waals surface area contributed by atoms with Gasteiger partial charge in [-0.15, -0.1) is 0 Å². The van der Waals surface area contributed by atoms with Crippen molar-refractivity contribution in [2.24, 2.45) is 0 Å². The van der Waals surface area contributed by atoms with Crippen LogP contribution in [0.25, 0.3) is 5.82 Å². The van der Waals surface area contributed by atoms with Crippen LogP contribution in [0.3, 0.4) is 0 Å². The summed E-state index contributed by atoms with van der Waals surface area (Å²) in [4.78, 5) is 20.2. The minimum Gasteiger partial charge on any atom is -0.348 e. The van der Waals surface area contributed by atoms with Crippen LogP contribution < -0.4 is 5.32 Å². The van der Waals surface area contributed by atoms with Crippen LogP contribution in [0.1, 0.15) is 16.8 Å². The number of aromatic nitrogens is 3. The molecular formula is C13H14N4O3S. The quantitative estimate of drug-likeness (QED) is 0.873. The highest BCUT2D eigenvalue weighted by atomic mass is 32.2. The molecule has 0 bridgehead atoms. The number of carbonyl (C=O) groups is 1. The average molecular weight is 306 g/mol. The second-order valence-corrected chi connectivity index (χ2v) is 7.18. The monoisotopic (exact) mass is 306 g/mol. The lowest BCUT2D eigenvalue weighted by Crippen LogP contribution is -2.35. The molecule has 2 aromatic heterocycles. The summed E-state index contributed by atoms with van der Waals surface area (Å²) in [5.41, 5.74) is 0.406. The lowest BCUT2D eigenvalue weighted by molar-refractivity contribution is 0.0941. The third-order valence-electron chi connectivity index (χ3n) is 3.35. The number of hydrogen-bond donors (Lipinski definition) is 1. The van der Waals surface area contributed by atoms with Gasteiger partial charge in [0.05, 0.1) is 17.1 Å². The van der Waals surface area contributed by atoms with Crippen molar-refractivity contribution in [2.75, 3.05) is 11.5 Å². The summed E-state index contributed by atoms with van der Waals surface area (Å²) in [6.07, 6.45) is 6.95. The van der Waals surface area contributed by atoms with Crippen LogP contribution >= 0.6 is 0 Å². The summed E-state index contributed by atoms with van der Waals surface area (Å²) < 4.78 is 24.5. The SMILES string of the molecule is O=C(N[C@@H]1CCS(=O)(=O)C1)c1ccc(-n2ccnc2)nc1. The molecule has 110 valence electrons. The van der Waals surface area contributed by atoms with E-state index in [1.165, 1.54) is 6.20 Å². The standard InChI is InChI=1S/C13H14N4O3S/c18-13(16-11-3-6-21(19,20)8-11)10-1-2-12(15-7-10)17-5-4-14-9-17/h1-2,4-5,7,9,11H,3,6,8H2,(H,16,18)/t11-/m1/s1. The van der Waals surface area contributed by atoms with E-state index in [-0.39, 0.29) is 23.5 Å². The Bertz CT molecular complexity index is 738. The van der Waals surface area contributed by atoms with Gasteiger partial charge in [-0.3, -0.25) is 9.36 Å².